The lowest BCUT2D eigenvalue weighted by molar-refractivity contribution is 0.147. The molecule has 2 atom stereocenters. The van der Waals surface area contributed by atoms with Gasteiger partial charge in [0.2, 0.25) is 0 Å². The topological polar surface area (TPSA) is 46.2 Å². The minimum atomic E-state index is -0.603. The third kappa shape index (κ3) is 3.73. The molecule has 21 heavy (non-hydrogen) atoms. The lowest BCUT2D eigenvalue weighted by atomic mass is 9.87. The zero-order chi connectivity index (χ0) is 15.6. The smallest absolute Gasteiger partial charge is 0.0871 e. The van der Waals surface area contributed by atoms with Crippen molar-refractivity contribution < 1.29 is 5.11 Å². The van der Waals surface area contributed by atoms with Gasteiger partial charge in [-0.15, -0.1) is 0 Å². The lowest BCUT2D eigenvalue weighted by Crippen LogP contribution is -2.20. The fourth-order valence-electron chi connectivity index (χ4n) is 2.61. The molecule has 0 aliphatic carbocycles. The largest absolute Gasteiger partial charge is 0.388 e. The molecule has 2 aromatic carbocycles. The first kappa shape index (κ1) is 16.2. The summed E-state index contributed by atoms with van der Waals surface area (Å²) in [5.74, 6) is -0.0991. The molecule has 0 aliphatic heterocycles. The van der Waals surface area contributed by atoms with E-state index >= 15 is 0 Å². The molecular formula is C18H22BrNO. The van der Waals surface area contributed by atoms with Gasteiger partial charge in [-0.1, -0.05) is 40.2 Å². The Labute approximate surface area is 135 Å². The van der Waals surface area contributed by atoms with Crippen LogP contribution < -0.4 is 5.73 Å². The predicted octanol–water partition coefficient (Wildman–Crippen LogP) is 4.15. The molecule has 2 rings (SSSR count). The van der Waals surface area contributed by atoms with Crippen molar-refractivity contribution in [2.75, 3.05) is 6.54 Å². The third-order valence-corrected chi connectivity index (χ3v) is 4.46. The maximum absolute atomic E-state index is 10.7. The summed E-state index contributed by atoms with van der Waals surface area (Å²) in [5.41, 5.74) is 11.5. The highest BCUT2D eigenvalue weighted by atomic mass is 79.9. The molecule has 0 spiro atoms. The normalized spacial score (nSPS) is 14.0. The SMILES string of the molecule is Cc1cc(Br)cc(C(O)C(CN)c2ccc(C)c(C)c2)c1. The van der Waals surface area contributed by atoms with Crippen molar-refractivity contribution in [1.29, 1.82) is 0 Å². The summed E-state index contributed by atoms with van der Waals surface area (Å²) >= 11 is 3.49. The Kier molecular flexibility index (Phi) is 5.20. The molecule has 0 bridgehead atoms. The molecule has 2 aromatic rings. The number of halogens is 1. The molecule has 3 N–H and O–H groups in total. The number of nitrogens with two attached hydrogens (primary N) is 1. The number of hydrogen-bond acceptors (Lipinski definition) is 2. The molecule has 3 heteroatoms. The molecular weight excluding hydrogens is 326 g/mol. The molecule has 112 valence electrons. The van der Waals surface area contributed by atoms with Gasteiger partial charge in [0.1, 0.15) is 0 Å². The van der Waals surface area contributed by atoms with E-state index in [2.05, 4.69) is 48.0 Å². The zero-order valence-corrected chi connectivity index (χ0v) is 14.3. The Hall–Kier alpha value is -1.16. The van der Waals surface area contributed by atoms with E-state index in [1.165, 1.54) is 11.1 Å². The van der Waals surface area contributed by atoms with Crippen LogP contribution in [0.15, 0.2) is 40.9 Å². The maximum atomic E-state index is 10.7. The first-order chi connectivity index (χ1) is 9.92. The average Bonchev–Trinajstić information content (AvgIpc) is 2.42. The van der Waals surface area contributed by atoms with Gasteiger partial charge in [-0.3, -0.25) is 0 Å². The second-order valence-corrected chi connectivity index (χ2v) is 6.61. The summed E-state index contributed by atoms with van der Waals surface area (Å²) < 4.78 is 0.979. The number of hydrogen-bond donors (Lipinski definition) is 2. The van der Waals surface area contributed by atoms with E-state index in [0.29, 0.717) is 6.54 Å². The van der Waals surface area contributed by atoms with Crippen LogP contribution in [0.1, 0.15) is 39.8 Å². The number of benzene rings is 2. The summed E-state index contributed by atoms with van der Waals surface area (Å²) in [6.45, 7) is 6.61. The summed E-state index contributed by atoms with van der Waals surface area (Å²) in [5, 5.41) is 10.7. The van der Waals surface area contributed by atoms with Crippen molar-refractivity contribution in [2.45, 2.75) is 32.8 Å². The monoisotopic (exact) mass is 347 g/mol. The van der Waals surface area contributed by atoms with E-state index in [1.54, 1.807) is 0 Å². The van der Waals surface area contributed by atoms with Gasteiger partial charge in [0.05, 0.1) is 6.10 Å². The fourth-order valence-corrected chi connectivity index (χ4v) is 3.24. The molecule has 2 unspecified atom stereocenters. The van der Waals surface area contributed by atoms with E-state index in [1.807, 2.05) is 25.1 Å². The molecule has 0 amide bonds. The number of aliphatic hydroxyl groups is 1. The van der Waals surface area contributed by atoms with Gasteiger partial charge in [0, 0.05) is 16.9 Å². The Balaban J connectivity index is 2.37. The van der Waals surface area contributed by atoms with Crippen molar-refractivity contribution >= 4 is 15.9 Å². The van der Waals surface area contributed by atoms with E-state index in [4.69, 9.17) is 5.73 Å². The number of aryl methyl sites for hydroxylation is 3. The van der Waals surface area contributed by atoms with Gasteiger partial charge in [-0.25, -0.2) is 0 Å². The van der Waals surface area contributed by atoms with Crippen LogP contribution in [0.2, 0.25) is 0 Å². The van der Waals surface area contributed by atoms with Crippen LogP contribution in [0, 0.1) is 20.8 Å². The summed E-state index contributed by atoms with van der Waals surface area (Å²) in [6, 6.07) is 12.3. The molecule has 0 saturated heterocycles. The highest BCUT2D eigenvalue weighted by Crippen LogP contribution is 2.32. The van der Waals surface area contributed by atoms with Gasteiger partial charge >= 0.3 is 0 Å². The number of rotatable bonds is 4. The molecule has 0 heterocycles. The minimum absolute atomic E-state index is 0.0991. The lowest BCUT2D eigenvalue weighted by Gasteiger charge is -2.23. The predicted molar refractivity (Wildman–Crippen MR) is 91.6 cm³/mol. The van der Waals surface area contributed by atoms with Crippen LogP contribution in [0.3, 0.4) is 0 Å². The van der Waals surface area contributed by atoms with Gasteiger partial charge in [0.25, 0.3) is 0 Å². The van der Waals surface area contributed by atoms with Crippen LogP contribution in [0.4, 0.5) is 0 Å². The van der Waals surface area contributed by atoms with Crippen LogP contribution in [-0.4, -0.2) is 11.7 Å². The quantitative estimate of drug-likeness (QED) is 0.872. The van der Waals surface area contributed by atoms with Crippen molar-refractivity contribution in [1.82, 2.24) is 0 Å². The Morgan fingerprint density at radius 2 is 1.71 bits per heavy atom. The van der Waals surface area contributed by atoms with E-state index < -0.39 is 6.10 Å². The maximum Gasteiger partial charge on any atom is 0.0871 e. The van der Waals surface area contributed by atoms with Crippen LogP contribution in [0.5, 0.6) is 0 Å². The molecule has 2 nitrogen and oxygen atoms in total. The minimum Gasteiger partial charge on any atom is -0.388 e. The second-order valence-electron chi connectivity index (χ2n) is 5.69. The Bertz CT molecular complexity index is 619. The van der Waals surface area contributed by atoms with E-state index in [9.17, 15) is 5.11 Å². The Morgan fingerprint density at radius 3 is 2.29 bits per heavy atom. The summed E-state index contributed by atoms with van der Waals surface area (Å²) in [7, 11) is 0. The molecule has 0 radical (unpaired) electrons. The molecule has 0 saturated carbocycles. The molecule has 0 aliphatic rings. The van der Waals surface area contributed by atoms with Crippen LogP contribution >= 0.6 is 15.9 Å². The fraction of sp³-hybridized carbons (Fsp3) is 0.333. The van der Waals surface area contributed by atoms with Crippen molar-refractivity contribution in [2.24, 2.45) is 5.73 Å². The van der Waals surface area contributed by atoms with Gasteiger partial charge in [-0.05, 0) is 60.7 Å². The standard InChI is InChI=1S/C18H22BrNO/c1-11-6-15(9-16(19)7-11)18(21)17(10-20)14-5-4-12(2)13(3)8-14/h4-9,17-18,21H,10,20H2,1-3H3. The van der Waals surface area contributed by atoms with E-state index in [-0.39, 0.29) is 5.92 Å². The Morgan fingerprint density at radius 1 is 1.00 bits per heavy atom. The highest BCUT2D eigenvalue weighted by molar-refractivity contribution is 9.10. The van der Waals surface area contributed by atoms with Crippen molar-refractivity contribution in [3.63, 3.8) is 0 Å². The highest BCUT2D eigenvalue weighted by Gasteiger charge is 2.22. The summed E-state index contributed by atoms with van der Waals surface area (Å²) in [4.78, 5) is 0. The first-order valence-electron chi connectivity index (χ1n) is 7.14. The van der Waals surface area contributed by atoms with Crippen LogP contribution in [-0.2, 0) is 0 Å². The zero-order valence-electron chi connectivity index (χ0n) is 12.7. The van der Waals surface area contributed by atoms with Crippen molar-refractivity contribution in [3.8, 4) is 0 Å². The van der Waals surface area contributed by atoms with Gasteiger partial charge in [0.15, 0.2) is 0 Å². The second kappa shape index (κ2) is 6.73. The molecule has 0 fully saturated rings. The first-order valence-corrected chi connectivity index (χ1v) is 7.94. The average molecular weight is 348 g/mol. The summed E-state index contributed by atoms with van der Waals surface area (Å²) in [6.07, 6.45) is -0.603. The van der Waals surface area contributed by atoms with Gasteiger partial charge < -0.3 is 10.8 Å². The molecule has 0 aromatic heterocycles. The van der Waals surface area contributed by atoms with E-state index in [0.717, 1.165) is 21.2 Å². The third-order valence-electron chi connectivity index (χ3n) is 4.00. The van der Waals surface area contributed by atoms with Crippen molar-refractivity contribution in [3.05, 3.63) is 68.7 Å². The van der Waals surface area contributed by atoms with Crippen LogP contribution in [0.25, 0.3) is 0 Å². The van der Waals surface area contributed by atoms with Gasteiger partial charge in [-0.2, -0.15) is 0 Å². The number of aliphatic hydroxyl groups excluding tert-OH is 1.